The molecule has 2 atom stereocenters. The van der Waals surface area contributed by atoms with Crippen molar-refractivity contribution in [1.82, 2.24) is 15.2 Å². The number of thiazole rings is 1. The van der Waals surface area contributed by atoms with E-state index < -0.39 is 24.3 Å². The molecule has 2 aliphatic heterocycles. The number of carboxylic acids is 2. The molecule has 0 radical (unpaired) electrons. The summed E-state index contributed by atoms with van der Waals surface area (Å²) in [6.45, 7) is 3.81. The molecule has 2 saturated heterocycles. The number of aliphatic hydroxyl groups excluding tert-OH is 1. The van der Waals surface area contributed by atoms with Gasteiger partial charge in [-0.1, -0.05) is 12.1 Å². The first-order chi connectivity index (χ1) is 16.2. The van der Waals surface area contributed by atoms with Crippen LogP contribution in [-0.2, 0) is 9.59 Å². The molecule has 4 N–H and O–H groups in total. The molecule has 15 heteroatoms. The van der Waals surface area contributed by atoms with Crippen LogP contribution in [0.4, 0.5) is 26.3 Å². The number of halogens is 6. The minimum absolute atomic E-state index is 0.205. The fourth-order valence-corrected chi connectivity index (χ4v) is 4.70. The Morgan fingerprint density at radius 2 is 1.49 bits per heavy atom. The highest BCUT2D eigenvalue weighted by Crippen LogP contribution is 2.34. The van der Waals surface area contributed by atoms with E-state index in [1.165, 1.54) is 9.71 Å². The number of fused-ring (bicyclic) bond motifs is 1. The molecule has 2 aliphatic rings. The minimum Gasteiger partial charge on any atom is -0.475 e. The number of carbonyl (C=O) groups is 2. The van der Waals surface area contributed by atoms with Crippen LogP contribution in [0.15, 0.2) is 24.3 Å². The number of nitrogens with one attached hydrogen (secondary N) is 1. The lowest BCUT2D eigenvalue weighted by Gasteiger charge is -2.36. The fourth-order valence-electron chi connectivity index (χ4n) is 3.57. The number of aromatic nitrogens is 1. The van der Waals surface area contributed by atoms with Crippen LogP contribution in [0.5, 0.6) is 0 Å². The van der Waals surface area contributed by atoms with E-state index >= 15 is 0 Å². The van der Waals surface area contributed by atoms with Crippen molar-refractivity contribution >= 4 is 33.5 Å². The molecule has 196 valence electrons. The van der Waals surface area contributed by atoms with Gasteiger partial charge in [0, 0.05) is 25.0 Å². The van der Waals surface area contributed by atoms with Crippen molar-refractivity contribution in [1.29, 1.82) is 0 Å². The van der Waals surface area contributed by atoms with E-state index in [1.54, 1.807) is 0 Å². The van der Waals surface area contributed by atoms with Crippen LogP contribution in [0.3, 0.4) is 0 Å². The third-order valence-electron chi connectivity index (χ3n) is 5.29. The molecule has 1 aromatic heterocycles. The van der Waals surface area contributed by atoms with Gasteiger partial charge in [-0.15, -0.1) is 11.3 Å². The van der Waals surface area contributed by atoms with Crippen LogP contribution in [0.25, 0.3) is 10.2 Å². The standard InChI is InChI=1S/C16H21N3OS.2C2HF3O2/c20-14-10-17-9-13(14)19-7-5-11(6-8-19)16-18-12-3-1-2-4-15(12)21-16;2*3-2(4,5)1(6)7/h1-4,11,13-14,17,20H,5-10H2;2*(H,6,7)/t13-,14-;;/m0../s1. The Morgan fingerprint density at radius 3 is 1.91 bits per heavy atom. The number of aliphatic carboxylic acids is 2. The van der Waals surface area contributed by atoms with Gasteiger partial charge in [-0.2, -0.15) is 26.3 Å². The lowest BCUT2D eigenvalue weighted by atomic mass is 9.96. The number of piperidine rings is 1. The molecule has 0 unspecified atom stereocenters. The van der Waals surface area contributed by atoms with Gasteiger partial charge in [-0.25, -0.2) is 14.6 Å². The molecule has 3 heterocycles. The van der Waals surface area contributed by atoms with E-state index in [0.717, 1.165) is 44.5 Å². The predicted molar refractivity (Wildman–Crippen MR) is 113 cm³/mol. The van der Waals surface area contributed by atoms with E-state index in [4.69, 9.17) is 24.8 Å². The first-order valence-electron chi connectivity index (χ1n) is 10.3. The largest absolute Gasteiger partial charge is 0.490 e. The summed E-state index contributed by atoms with van der Waals surface area (Å²) in [5, 5.41) is 28.8. The Hall–Kier alpha value is -2.49. The van der Waals surface area contributed by atoms with Crippen molar-refractivity contribution in [2.75, 3.05) is 26.2 Å². The summed E-state index contributed by atoms with van der Waals surface area (Å²) in [6, 6.07) is 8.71. The summed E-state index contributed by atoms with van der Waals surface area (Å²) < 4.78 is 64.8. The summed E-state index contributed by atoms with van der Waals surface area (Å²) >= 11 is 1.85. The maximum absolute atomic E-state index is 10.6. The van der Waals surface area contributed by atoms with Gasteiger partial charge in [-0.05, 0) is 38.1 Å². The zero-order valence-corrected chi connectivity index (χ0v) is 18.8. The van der Waals surface area contributed by atoms with E-state index in [0.29, 0.717) is 12.0 Å². The normalized spacial score (nSPS) is 21.6. The lowest BCUT2D eigenvalue weighted by Crippen LogP contribution is -2.46. The van der Waals surface area contributed by atoms with Crippen molar-refractivity contribution in [2.45, 2.75) is 43.3 Å². The summed E-state index contributed by atoms with van der Waals surface area (Å²) in [5.41, 5.74) is 1.13. The summed E-state index contributed by atoms with van der Waals surface area (Å²) in [4.78, 5) is 25.1. The third-order valence-corrected chi connectivity index (χ3v) is 6.49. The van der Waals surface area contributed by atoms with Gasteiger partial charge < -0.3 is 20.6 Å². The maximum Gasteiger partial charge on any atom is 0.490 e. The Balaban J connectivity index is 0.000000257. The van der Waals surface area contributed by atoms with Gasteiger partial charge >= 0.3 is 24.3 Å². The Labute approximate surface area is 199 Å². The molecule has 0 spiro atoms. The zero-order chi connectivity index (χ0) is 26.4. The highest BCUT2D eigenvalue weighted by atomic mass is 32.1. The highest BCUT2D eigenvalue weighted by molar-refractivity contribution is 7.18. The number of alkyl halides is 6. The SMILES string of the molecule is O=C(O)C(F)(F)F.O=C(O)C(F)(F)F.O[C@H]1CNC[C@@H]1N1CCC(c2nc3ccccc3s2)CC1. The topological polar surface area (TPSA) is 123 Å². The second kappa shape index (κ2) is 12.0. The molecule has 4 rings (SSSR count). The molecule has 2 fully saturated rings. The molecule has 2 aromatic rings. The van der Waals surface area contributed by atoms with Crippen LogP contribution in [0, 0.1) is 0 Å². The minimum atomic E-state index is -5.08. The van der Waals surface area contributed by atoms with E-state index in [2.05, 4.69) is 34.5 Å². The molecule has 0 amide bonds. The van der Waals surface area contributed by atoms with Crippen LogP contribution >= 0.6 is 11.3 Å². The third kappa shape index (κ3) is 8.59. The quantitative estimate of drug-likeness (QED) is 0.436. The van der Waals surface area contributed by atoms with Crippen molar-refractivity contribution in [2.24, 2.45) is 0 Å². The summed E-state index contributed by atoms with van der Waals surface area (Å²) in [7, 11) is 0. The molecule has 0 aliphatic carbocycles. The first-order valence-corrected chi connectivity index (χ1v) is 11.1. The Morgan fingerprint density at radius 1 is 0.971 bits per heavy atom. The predicted octanol–water partition coefficient (Wildman–Crippen LogP) is 3.08. The van der Waals surface area contributed by atoms with E-state index in [-0.39, 0.29) is 6.10 Å². The molecule has 0 bridgehead atoms. The molecule has 35 heavy (non-hydrogen) atoms. The second-order valence-electron chi connectivity index (χ2n) is 7.73. The van der Waals surface area contributed by atoms with Crippen LogP contribution < -0.4 is 5.32 Å². The van der Waals surface area contributed by atoms with Gasteiger partial charge in [0.2, 0.25) is 0 Å². The number of rotatable bonds is 2. The number of hydrogen-bond donors (Lipinski definition) is 4. The van der Waals surface area contributed by atoms with E-state index in [9.17, 15) is 31.4 Å². The number of para-hydroxylation sites is 1. The van der Waals surface area contributed by atoms with Crippen molar-refractivity contribution in [3.8, 4) is 0 Å². The number of β-amino-alcohol motifs (C(OH)–C–C–N with tert-alkyl or cyclic N) is 1. The number of hydrogen-bond acceptors (Lipinski definition) is 7. The maximum atomic E-state index is 10.6. The molecule has 1 aromatic carbocycles. The number of aliphatic hydroxyl groups is 1. The molecule has 8 nitrogen and oxygen atoms in total. The Bertz CT molecular complexity index is 935. The van der Waals surface area contributed by atoms with Gasteiger partial charge in [0.05, 0.1) is 21.3 Å². The second-order valence-corrected chi connectivity index (χ2v) is 8.79. The Kier molecular flexibility index (Phi) is 9.83. The van der Waals surface area contributed by atoms with E-state index in [1.807, 2.05) is 11.3 Å². The molecule has 0 saturated carbocycles. The van der Waals surface area contributed by atoms with Crippen LogP contribution in [0.2, 0.25) is 0 Å². The summed E-state index contributed by atoms with van der Waals surface area (Å²) in [5.74, 6) is -4.93. The van der Waals surface area contributed by atoms with Gasteiger partial charge in [0.1, 0.15) is 0 Å². The van der Waals surface area contributed by atoms with Crippen molar-refractivity contribution < 1.29 is 51.3 Å². The number of likely N-dealkylation sites (tertiary alicyclic amines) is 1. The molecular weight excluding hydrogens is 508 g/mol. The number of nitrogens with zero attached hydrogens (tertiary/aromatic N) is 2. The van der Waals surface area contributed by atoms with Crippen LogP contribution in [-0.4, -0.2) is 87.8 Å². The number of carboxylic acid groups (broad SMARTS) is 2. The summed E-state index contributed by atoms with van der Waals surface area (Å²) in [6.07, 6.45) is -8.06. The van der Waals surface area contributed by atoms with Gasteiger partial charge in [0.25, 0.3) is 0 Å². The van der Waals surface area contributed by atoms with Crippen molar-refractivity contribution in [3.63, 3.8) is 0 Å². The smallest absolute Gasteiger partial charge is 0.475 e. The number of benzene rings is 1. The highest BCUT2D eigenvalue weighted by Gasteiger charge is 2.39. The average Bonchev–Trinajstić information content (AvgIpc) is 3.39. The first kappa shape index (κ1) is 28.7. The van der Waals surface area contributed by atoms with Crippen molar-refractivity contribution in [3.05, 3.63) is 29.3 Å². The molecular formula is C20H23F6N3O5S. The van der Waals surface area contributed by atoms with Crippen LogP contribution in [0.1, 0.15) is 23.8 Å². The average molecular weight is 531 g/mol. The van der Waals surface area contributed by atoms with Gasteiger partial charge in [-0.3, -0.25) is 4.90 Å². The van der Waals surface area contributed by atoms with Gasteiger partial charge in [0.15, 0.2) is 0 Å². The lowest BCUT2D eigenvalue weighted by molar-refractivity contribution is -0.193. The monoisotopic (exact) mass is 531 g/mol. The fraction of sp³-hybridized carbons (Fsp3) is 0.550. The zero-order valence-electron chi connectivity index (χ0n) is 18.0.